The lowest BCUT2D eigenvalue weighted by Gasteiger charge is -2.21. The average molecular weight is 440 g/mol. The van der Waals surface area contributed by atoms with Gasteiger partial charge in [-0.05, 0) is 56.6 Å². The number of fused-ring (bicyclic) bond motifs is 1. The number of amides is 1. The quantitative estimate of drug-likeness (QED) is 0.645. The Labute approximate surface area is 179 Å². The molecule has 2 N–H and O–H groups in total. The van der Waals surface area contributed by atoms with Crippen LogP contribution in [-0.4, -0.2) is 33.6 Å². The molecule has 8 nitrogen and oxygen atoms in total. The van der Waals surface area contributed by atoms with Crippen LogP contribution in [0.3, 0.4) is 0 Å². The van der Waals surface area contributed by atoms with Gasteiger partial charge in [0.15, 0.2) is 5.65 Å². The van der Waals surface area contributed by atoms with Crippen LogP contribution in [0.2, 0.25) is 0 Å². The highest BCUT2D eigenvalue weighted by Gasteiger charge is 2.22. The van der Waals surface area contributed by atoms with Crippen LogP contribution < -0.4 is 16.3 Å². The molecule has 1 saturated heterocycles. The monoisotopic (exact) mass is 439 g/mol. The maximum atomic E-state index is 12.6. The van der Waals surface area contributed by atoms with Crippen molar-refractivity contribution in [2.24, 2.45) is 0 Å². The summed E-state index contributed by atoms with van der Waals surface area (Å²) < 4.78 is 7.14. The number of halogens is 2. The van der Waals surface area contributed by atoms with Crippen LogP contribution in [0.4, 0.5) is 0 Å². The topological polar surface area (TPSA) is 102 Å². The fraction of sp³-hybridized carbons (Fsp3) is 0.368. The third-order valence-electron chi connectivity index (χ3n) is 4.95. The fourth-order valence-corrected chi connectivity index (χ4v) is 3.51. The van der Waals surface area contributed by atoms with Gasteiger partial charge in [-0.3, -0.25) is 4.79 Å². The van der Waals surface area contributed by atoms with Crippen molar-refractivity contribution in [1.29, 1.82) is 0 Å². The highest BCUT2D eigenvalue weighted by Crippen LogP contribution is 2.25. The zero-order valence-corrected chi connectivity index (χ0v) is 17.5. The maximum Gasteiger partial charge on any atom is 0.349 e. The van der Waals surface area contributed by atoms with Gasteiger partial charge in [0, 0.05) is 5.92 Å². The predicted octanol–water partition coefficient (Wildman–Crippen LogP) is 2.23. The van der Waals surface area contributed by atoms with Gasteiger partial charge in [0.05, 0.1) is 12.2 Å². The molecule has 0 unspecified atom stereocenters. The number of piperidine rings is 1. The molecule has 0 bridgehead atoms. The third kappa shape index (κ3) is 4.77. The first-order chi connectivity index (χ1) is 13.1. The van der Waals surface area contributed by atoms with Crippen molar-refractivity contribution < 1.29 is 9.21 Å². The molecule has 0 saturated carbocycles. The lowest BCUT2D eigenvalue weighted by Crippen LogP contribution is -2.31. The molecule has 4 rings (SSSR count). The second kappa shape index (κ2) is 9.87. The van der Waals surface area contributed by atoms with E-state index < -0.39 is 11.5 Å². The van der Waals surface area contributed by atoms with E-state index in [9.17, 15) is 9.59 Å². The fourth-order valence-electron chi connectivity index (χ4n) is 3.51. The summed E-state index contributed by atoms with van der Waals surface area (Å²) >= 11 is 0. The molecular weight excluding hydrogens is 417 g/mol. The number of aryl methyl sites for hydroxylation is 1. The van der Waals surface area contributed by atoms with Crippen LogP contribution in [0, 0.1) is 6.92 Å². The first-order valence-corrected chi connectivity index (χ1v) is 9.04. The van der Waals surface area contributed by atoms with Gasteiger partial charge in [0.1, 0.15) is 17.7 Å². The number of rotatable bonds is 4. The summed E-state index contributed by atoms with van der Waals surface area (Å²) in [6.45, 7) is 3.82. The van der Waals surface area contributed by atoms with Crippen molar-refractivity contribution >= 4 is 36.4 Å². The molecule has 4 heterocycles. The molecule has 1 amide bonds. The van der Waals surface area contributed by atoms with Crippen LogP contribution >= 0.6 is 24.8 Å². The minimum Gasteiger partial charge on any atom is -0.427 e. The molecule has 10 heteroatoms. The molecule has 0 spiro atoms. The van der Waals surface area contributed by atoms with E-state index in [0.29, 0.717) is 17.0 Å². The number of aromatic nitrogens is 3. The van der Waals surface area contributed by atoms with Gasteiger partial charge in [-0.25, -0.2) is 14.3 Å². The standard InChI is InChI=1S/C19H21N5O3.2ClH/c1-12-9-15(13-5-7-20-8-6-13)27-19(26)17(12)18(25)21-10-14-3-2-4-16-22-11-23-24(14)16;;/h2-4,9,11,13,20H,5-8,10H2,1H3,(H,21,25);2*1H. The van der Waals surface area contributed by atoms with Crippen molar-refractivity contribution in [1.82, 2.24) is 25.2 Å². The van der Waals surface area contributed by atoms with E-state index in [0.717, 1.165) is 31.6 Å². The van der Waals surface area contributed by atoms with Gasteiger partial charge in [0.2, 0.25) is 0 Å². The van der Waals surface area contributed by atoms with E-state index in [1.807, 2.05) is 24.3 Å². The number of pyridine rings is 1. The summed E-state index contributed by atoms with van der Waals surface area (Å²) in [5.74, 6) is 0.442. The molecule has 1 aliphatic heterocycles. The summed E-state index contributed by atoms with van der Waals surface area (Å²) in [4.78, 5) is 29.2. The largest absolute Gasteiger partial charge is 0.427 e. The van der Waals surface area contributed by atoms with Gasteiger partial charge in [-0.15, -0.1) is 24.8 Å². The van der Waals surface area contributed by atoms with Gasteiger partial charge in [0.25, 0.3) is 5.91 Å². The SMILES string of the molecule is Cc1cc(C2CCNCC2)oc(=O)c1C(=O)NCc1cccc2ncnn12.Cl.Cl. The molecular formula is C19H23Cl2N5O3. The summed E-state index contributed by atoms with van der Waals surface area (Å²) in [6, 6.07) is 7.34. The van der Waals surface area contributed by atoms with E-state index in [2.05, 4.69) is 20.7 Å². The summed E-state index contributed by atoms with van der Waals surface area (Å²) in [6.07, 6.45) is 3.31. The Balaban J connectivity index is 0.00000150. The molecule has 0 aromatic carbocycles. The zero-order valence-electron chi connectivity index (χ0n) is 15.9. The normalized spacial score (nSPS) is 14.1. The van der Waals surface area contributed by atoms with E-state index in [1.54, 1.807) is 11.4 Å². The number of nitrogens with one attached hydrogen (secondary N) is 2. The predicted molar refractivity (Wildman–Crippen MR) is 113 cm³/mol. The smallest absolute Gasteiger partial charge is 0.349 e. The van der Waals surface area contributed by atoms with Crippen LogP contribution in [0.5, 0.6) is 0 Å². The summed E-state index contributed by atoms with van der Waals surface area (Å²) in [5.41, 5.74) is 1.57. The number of nitrogens with zero attached hydrogens (tertiary/aromatic N) is 3. The first-order valence-electron chi connectivity index (χ1n) is 9.04. The molecule has 3 aromatic rings. The molecule has 0 aliphatic carbocycles. The maximum absolute atomic E-state index is 12.6. The highest BCUT2D eigenvalue weighted by molar-refractivity contribution is 5.95. The Kier molecular flexibility index (Phi) is 7.78. The minimum atomic E-state index is -0.583. The zero-order chi connectivity index (χ0) is 18.8. The Hall–Kier alpha value is -2.42. The lowest BCUT2D eigenvalue weighted by atomic mass is 9.94. The van der Waals surface area contributed by atoms with Gasteiger partial charge in [-0.1, -0.05) is 6.07 Å². The lowest BCUT2D eigenvalue weighted by molar-refractivity contribution is 0.0945. The molecule has 0 radical (unpaired) electrons. The van der Waals surface area contributed by atoms with Crippen molar-refractivity contribution in [3.05, 3.63) is 63.6 Å². The van der Waals surface area contributed by atoms with Gasteiger partial charge < -0.3 is 15.1 Å². The molecule has 156 valence electrons. The van der Waals surface area contributed by atoms with Crippen molar-refractivity contribution in [3.63, 3.8) is 0 Å². The first kappa shape index (κ1) is 22.9. The molecule has 0 atom stereocenters. The summed E-state index contributed by atoms with van der Waals surface area (Å²) in [5, 5.41) is 10.2. The highest BCUT2D eigenvalue weighted by atomic mass is 35.5. The van der Waals surface area contributed by atoms with Crippen molar-refractivity contribution in [2.45, 2.75) is 32.2 Å². The Morgan fingerprint density at radius 1 is 1.31 bits per heavy atom. The second-order valence-electron chi connectivity index (χ2n) is 6.75. The summed E-state index contributed by atoms with van der Waals surface area (Å²) in [7, 11) is 0. The van der Waals surface area contributed by atoms with Crippen molar-refractivity contribution in [3.8, 4) is 0 Å². The number of carbonyl (C=O) groups excluding carboxylic acids is 1. The van der Waals surface area contributed by atoms with Crippen LogP contribution in [0.1, 0.15) is 46.1 Å². The number of hydrogen-bond donors (Lipinski definition) is 2. The van der Waals surface area contributed by atoms with E-state index in [-0.39, 0.29) is 42.8 Å². The van der Waals surface area contributed by atoms with Gasteiger partial charge >= 0.3 is 5.63 Å². The number of hydrogen-bond acceptors (Lipinski definition) is 6. The Morgan fingerprint density at radius 2 is 2.07 bits per heavy atom. The van der Waals surface area contributed by atoms with E-state index in [1.165, 1.54) is 6.33 Å². The van der Waals surface area contributed by atoms with Crippen LogP contribution in [-0.2, 0) is 6.54 Å². The molecule has 1 aliphatic rings. The van der Waals surface area contributed by atoms with Gasteiger partial charge in [-0.2, -0.15) is 5.10 Å². The van der Waals surface area contributed by atoms with Crippen molar-refractivity contribution in [2.75, 3.05) is 13.1 Å². The molecule has 1 fully saturated rings. The molecule has 3 aromatic heterocycles. The Bertz CT molecular complexity index is 1040. The van der Waals surface area contributed by atoms with E-state index >= 15 is 0 Å². The second-order valence-corrected chi connectivity index (χ2v) is 6.75. The molecule has 29 heavy (non-hydrogen) atoms. The number of carbonyl (C=O) groups is 1. The minimum absolute atomic E-state index is 0. The van der Waals surface area contributed by atoms with Crippen LogP contribution in [0.25, 0.3) is 5.65 Å². The average Bonchev–Trinajstić information content (AvgIpc) is 3.16. The van der Waals surface area contributed by atoms with E-state index in [4.69, 9.17) is 4.42 Å². The third-order valence-corrected chi connectivity index (χ3v) is 4.95. The van der Waals surface area contributed by atoms with Crippen LogP contribution in [0.15, 0.2) is 39.8 Å². The Morgan fingerprint density at radius 3 is 2.79 bits per heavy atom.